The highest BCUT2D eigenvalue weighted by Gasteiger charge is 2.33. The van der Waals surface area contributed by atoms with Crippen molar-refractivity contribution in [1.82, 2.24) is 10.2 Å². The van der Waals surface area contributed by atoms with Crippen molar-refractivity contribution in [3.63, 3.8) is 0 Å². The first-order valence-corrected chi connectivity index (χ1v) is 15.2. The molecule has 0 unspecified atom stereocenters. The fourth-order valence-electron chi connectivity index (χ4n) is 4.42. The first-order chi connectivity index (χ1) is 19.0. The lowest BCUT2D eigenvalue weighted by Crippen LogP contribution is -2.52. The molecule has 3 aromatic carbocycles. The van der Waals surface area contributed by atoms with Crippen molar-refractivity contribution in [2.45, 2.75) is 71.9 Å². The molecule has 214 valence electrons. The number of hydrogen-bond acceptors (Lipinski definition) is 4. The summed E-state index contributed by atoms with van der Waals surface area (Å²) >= 11 is 0. The van der Waals surface area contributed by atoms with Crippen LogP contribution in [0.4, 0.5) is 5.69 Å². The number of sulfonamides is 1. The van der Waals surface area contributed by atoms with E-state index in [9.17, 15) is 18.0 Å². The summed E-state index contributed by atoms with van der Waals surface area (Å²) in [5, 5.41) is 2.91. The minimum absolute atomic E-state index is 0.0990. The van der Waals surface area contributed by atoms with Gasteiger partial charge in [-0.2, -0.15) is 0 Å². The largest absolute Gasteiger partial charge is 0.354 e. The summed E-state index contributed by atoms with van der Waals surface area (Å²) < 4.78 is 29.1. The van der Waals surface area contributed by atoms with Crippen LogP contribution in [0.15, 0.2) is 71.6 Å². The number of anilines is 1. The summed E-state index contributed by atoms with van der Waals surface area (Å²) in [6, 6.07) is 19.0. The maximum atomic E-state index is 14.1. The van der Waals surface area contributed by atoms with Crippen molar-refractivity contribution in [1.29, 1.82) is 0 Å². The van der Waals surface area contributed by atoms with E-state index in [-0.39, 0.29) is 17.3 Å². The lowest BCUT2D eigenvalue weighted by molar-refractivity contribution is -0.140. The molecule has 0 bridgehead atoms. The van der Waals surface area contributed by atoms with Crippen LogP contribution in [0.3, 0.4) is 0 Å². The molecule has 0 spiro atoms. The molecule has 40 heavy (non-hydrogen) atoms. The fraction of sp³-hybridized carbons (Fsp3) is 0.375. The summed E-state index contributed by atoms with van der Waals surface area (Å²) in [5.74, 6) is -0.697. The highest BCUT2D eigenvalue weighted by molar-refractivity contribution is 7.92. The topological polar surface area (TPSA) is 86.8 Å². The Morgan fingerprint density at radius 3 is 1.98 bits per heavy atom. The first-order valence-electron chi connectivity index (χ1n) is 13.8. The van der Waals surface area contributed by atoms with Crippen LogP contribution in [-0.4, -0.2) is 44.3 Å². The Balaban J connectivity index is 2.07. The third kappa shape index (κ3) is 7.50. The van der Waals surface area contributed by atoms with E-state index in [1.54, 1.807) is 36.4 Å². The summed E-state index contributed by atoms with van der Waals surface area (Å²) in [7, 11) is -4.09. The van der Waals surface area contributed by atoms with Crippen molar-refractivity contribution in [2.24, 2.45) is 0 Å². The van der Waals surface area contributed by atoms with Crippen LogP contribution < -0.4 is 9.62 Å². The minimum Gasteiger partial charge on any atom is -0.354 e. The Hall–Kier alpha value is -3.65. The van der Waals surface area contributed by atoms with E-state index < -0.39 is 28.5 Å². The third-order valence-electron chi connectivity index (χ3n) is 7.07. The minimum atomic E-state index is -4.09. The zero-order valence-electron chi connectivity index (χ0n) is 24.4. The second-order valence-corrected chi connectivity index (χ2v) is 12.2. The monoisotopic (exact) mass is 563 g/mol. The molecule has 0 saturated heterocycles. The van der Waals surface area contributed by atoms with Gasteiger partial charge in [-0.15, -0.1) is 0 Å². The molecule has 0 aliphatic carbocycles. The van der Waals surface area contributed by atoms with Gasteiger partial charge in [-0.25, -0.2) is 8.42 Å². The van der Waals surface area contributed by atoms with Crippen molar-refractivity contribution >= 4 is 27.5 Å². The van der Waals surface area contributed by atoms with Crippen molar-refractivity contribution in [2.75, 3.05) is 17.4 Å². The molecular formula is C32H41N3O4S. The van der Waals surface area contributed by atoms with Gasteiger partial charge < -0.3 is 10.2 Å². The predicted octanol–water partition coefficient (Wildman–Crippen LogP) is 5.45. The van der Waals surface area contributed by atoms with Gasteiger partial charge in [0.2, 0.25) is 11.8 Å². The highest BCUT2D eigenvalue weighted by Crippen LogP contribution is 2.27. The van der Waals surface area contributed by atoms with Gasteiger partial charge in [0.05, 0.1) is 10.6 Å². The van der Waals surface area contributed by atoms with Gasteiger partial charge in [-0.05, 0) is 81.5 Å². The Labute approximate surface area is 239 Å². The zero-order chi connectivity index (χ0) is 29.4. The SMILES string of the molecule is CCCNC(=O)[C@H](CC)N(Cc1ccc(C)cc1)C(=O)CN(c1ccc(C)c(C)c1)S(=O)(=O)c1ccc(C)cc1. The van der Waals surface area contributed by atoms with Crippen LogP contribution in [0.1, 0.15) is 54.5 Å². The summed E-state index contributed by atoms with van der Waals surface area (Å²) in [5.41, 5.74) is 5.20. The van der Waals surface area contributed by atoms with E-state index in [2.05, 4.69) is 5.32 Å². The van der Waals surface area contributed by atoms with E-state index in [0.29, 0.717) is 18.7 Å². The van der Waals surface area contributed by atoms with E-state index in [4.69, 9.17) is 0 Å². The van der Waals surface area contributed by atoms with E-state index in [1.807, 2.05) is 71.9 Å². The molecule has 0 aliphatic heterocycles. The van der Waals surface area contributed by atoms with Gasteiger partial charge in [-0.3, -0.25) is 13.9 Å². The van der Waals surface area contributed by atoms with Crippen LogP contribution >= 0.6 is 0 Å². The molecule has 0 radical (unpaired) electrons. The fourth-order valence-corrected chi connectivity index (χ4v) is 5.83. The quantitative estimate of drug-likeness (QED) is 0.318. The predicted molar refractivity (Wildman–Crippen MR) is 161 cm³/mol. The van der Waals surface area contributed by atoms with E-state index in [1.165, 1.54) is 4.90 Å². The zero-order valence-corrected chi connectivity index (χ0v) is 25.2. The summed E-state index contributed by atoms with van der Waals surface area (Å²) in [4.78, 5) is 28.9. The van der Waals surface area contributed by atoms with E-state index >= 15 is 0 Å². The van der Waals surface area contributed by atoms with Gasteiger partial charge >= 0.3 is 0 Å². The molecular weight excluding hydrogens is 522 g/mol. The van der Waals surface area contributed by atoms with Crippen molar-refractivity contribution in [3.05, 3.63) is 94.5 Å². The molecule has 3 rings (SSSR count). The molecule has 0 aliphatic rings. The number of aryl methyl sites for hydroxylation is 4. The number of carbonyl (C=O) groups is 2. The van der Waals surface area contributed by atoms with Crippen molar-refractivity contribution in [3.8, 4) is 0 Å². The second kappa shape index (κ2) is 13.6. The second-order valence-electron chi connectivity index (χ2n) is 10.3. The lowest BCUT2D eigenvalue weighted by Gasteiger charge is -2.33. The lowest BCUT2D eigenvalue weighted by atomic mass is 10.1. The van der Waals surface area contributed by atoms with Gasteiger partial charge in [0, 0.05) is 13.1 Å². The average Bonchev–Trinajstić information content (AvgIpc) is 2.93. The number of hydrogen-bond donors (Lipinski definition) is 1. The normalized spacial score (nSPS) is 12.1. The molecule has 8 heteroatoms. The van der Waals surface area contributed by atoms with Crippen LogP contribution in [0.25, 0.3) is 0 Å². The maximum Gasteiger partial charge on any atom is 0.264 e. The molecule has 0 fully saturated rings. The Kier molecular flexibility index (Phi) is 10.5. The van der Waals surface area contributed by atoms with Gasteiger partial charge in [-0.1, -0.05) is 67.4 Å². The molecule has 3 aromatic rings. The maximum absolute atomic E-state index is 14.1. The Morgan fingerprint density at radius 2 is 1.43 bits per heavy atom. The summed E-state index contributed by atoms with van der Waals surface area (Å²) in [6.45, 7) is 11.8. The van der Waals surface area contributed by atoms with Gasteiger partial charge in [0.1, 0.15) is 12.6 Å². The number of benzene rings is 3. The first kappa shape index (κ1) is 30.9. The molecule has 2 amide bonds. The molecule has 0 saturated carbocycles. The Morgan fingerprint density at radius 1 is 0.825 bits per heavy atom. The van der Waals surface area contributed by atoms with Gasteiger partial charge in [0.25, 0.3) is 10.0 Å². The number of rotatable bonds is 12. The molecule has 0 heterocycles. The number of nitrogens with zero attached hydrogens (tertiary/aromatic N) is 2. The third-order valence-corrected chi connectivity index (χ3v) is 8.86. The van der Waals surface area contributed by atoms with Crippen LogP contribution in [0.2, 0.25) is 0 Å². The van der Waals surface area contributed by atoms with Crippen molar-refractivity contribution < 1.29 is 18.0 Å². The average molecular weight is 564 g/mol. The number of carbonyl (C=O) groups excluding carboxylic acids is 2. The smallest absolute Gasteiger partial charge is 0.264 e. The molecule has 7 nitrogen and oxygen atoms in total. The highest BCUT2D eigenvalue weighted by atomic mass is 32.2. The van der Waals surface area contributed by atoms with Gasteiger partial charge in [0.15, 0.2) is 0 Å². The molecule has 0 aromatic heterocycles. The van der Waals surface area contributed by atoms with Crippen LogP contribution in [-0.2, 0) is 26.2 Å². The number of amides is 2. The van der Waals surface area contributed by atoms with Crippen LogP contribution in [0.5, 0.6) is 0 Å². The standard InChI is InChI=1S/C32H41N3O4S/c1-7-19-33-32(37)30(8-2)34(21-27-14-9-23(3)10-15-27)31(36)22-35(28-16-13-25(5)26(6)20-28)40(38,39)29-17-11-24(4)12-18-29/h9-18,20,30H,7-8,19,21-22H2,1-6H3,(H,33,37)/t30-/m0/s1. The Bertz CT molecular complexity index is 1420. The molecule has 1 N–H and O–H groups in total. The number of nitrogens with one attached hydrogen (secondary N) is 1. The van der Waals surface area contributed by atoms with Crippen LogP contribution in [0, 0.1) is 27.7 Å². The molecule has 1 atom stereocenters. The van der Waals surface area contributed by atoms with E-state index in [0.717, 1.165) is 38.5 Å². The summed E-state index contributed by atoms with van der Waals surface area (Å²) in [6.07, 6.45) is 1.16.